The number of nitrogens with zero attached hydrogens (tertiary/aromatic N) is 1. The molecular weight excluding hydrogens is 362 g/mol. The maximum Gasteiger partial charge on any atom is 0.266 e. The molecule has 3 rings (SSSR count). The first-order valence-electron chi connectivity index (χ1n) is 8.21. The Morgan fingerprint density at radius 1 is 1.23 bits per heavy atom. The molecule has 0 aromatic heterocycles. The fraction of sp³-hybridized carbons (Fsp3) is 0.143. The average molecular weight is 382 g/mol. The molecule has 26 heavy (non-hydrogen) atoms. The highest BCUT2D eigenvalue weighted by Gasteiger charge is 2.30. The third-order valence-electron chi connectivity index (χ3n) is 3.85. The summed E-state index contributed by atoms with van der Waals surface area (Å²) in [5.74, 6) is 0.725. The van der Waals surface area contributed by atoms with Gasteiger partial charge in [0.2, 0.25) is 0 Å². The molecule has 0 N–H and O–H groups in total. The molecule has 5 heteroatoms. The molecular formula is C21H19NO2S2. The van der Waals surface area contributed by atoms with Gasteiger partial charge in [0, 0.05) is 6.54 Å². The summed E-state index contributed by atoms with van der Waals surface area (Å²) in [4.78, 5) is 14.5. The molecule has 2 aromatic carbocycles. The zero-order valence-electron chi connectivity index (χ0n) is 14.5. The first-order chi connectivity index (χ1) is 12.6. The van der Waals surface area contributed by atoms with Gasteiger partial charge >= 0.3 is 0 Å². The van der Waals surface area contributed by atoms with Crippen LogP contribution in [0, 0.1) is 6.92 Å². The van der Waals surface area contributed by atoms with Crippen molar-refractivity contribution in [3.8, 4) is 5.75 Å². The molecule has 1 fully saturated rings. The molecule has 0 unspecified atom stereocenters. The summed E-state index contributed by atoms with van der Waals surface area (Å²) >= 11 is 6.57. The zero-order chi connectivity index (χ0) is 18.5. The number of amides is 1. The highest BCUT2D eigenvalue weighted by atomic mass is 32.2. The Morgan fingerprint density at radius 3 is 2.69 bits per heavy atom. The number of carbonyl (C=O) groups is 1. The van der Waals surface area contributed by atoms with Gasteiger partial charge in [0.1, 0.15) is 16.7 Å². The third kappa shape index (κ3) is 4.42. The Morgan fingerprint density at radius 2 is 2.00 bits per heavy atom. The predicted octanol–water partition coefficient (Wildman–Crippen LogP) is 4.96. The maximum absolute atomic E-state index is 12.3. The van der Waals surface area contributed by atoms with Crippen LogP contribution < -0.4 is 4.74 Å². The molecule has 1 aliphatic heterocycles. The van der Waals surface area contributed by atoms with Crippen molar-refractivity contribution < 1.29 is 9.53 Å². The minimum Gasteiger partial charge on any atom is -0.489 e. The Labute approximate surface area is 163 Å². The van der Waals surface area contributed by atoms with E-state index in [-0.39, 0.29) is 5.91 Å². The Balaban J connectivity index is 1.65. The number of hydrogen-bond donors (Lipinski definition) is 0. The lowest BCUT2D eigenvalue weighted by molar-refractivity contribution is -0.121. The average Bonchev–Trinajstić information content (AvgIpc) is 2.89. The van der Waals surface area contributed by atoms with Crippen molar-refractivity contribution in [1.82, 2.24) is 4.90 Å². The molecule has 1 aliphatic rings. The lowest BCUT2D eigenvalue weighted by Crippen LogP contribution is -2.27. The van der Waals surface area contributed by atoms with Crippen LogP contribution >= 0.6 is 24.0 Å². The van der Waals surface area contributed by atoms with Crippen LogP contribution in [0.2, 0.25) is 0 Å². The van der Waals surface area contributed by atoms with Crippen LogP contribution in [0.25, 0.3) is 6.08 Å². The van der Waals surface area contributed by atoms with E-state index in [2.05, 4.69) is 25.6 Å². The summed E-state index contributed by atoms with van der Waals surface area (Å²) in [5, 5.41) is 0. The summed E-state index contributed by atoms with van der Waals surface area (Å²) in [6.07, 6.45) is 3.53. The van der Waals surface area contributed by atoms with Crippen LogP contribution in [-0.2, 0) is 11.4 Å². The molecule has 3 nitrogen and oxygen atoms in total. The number of carbonyl (C=O) groups excluding carboxylic acids is 1. The van der Waals surface area contributed by atoms with E-state index in [0.29, 0.717) is 22.4 Å². The highest BCUT2D eigenvalue weighted by molar-refractivity contribution is 8.26. The van der Waals surface area contributed by atoms with Crippen molar-refractivity contribution in [2.24, 2.45) is 0 Å². The van der Waals surface area contributed by atoms with Crippen LogP contribution in [0.4, 0.5) is 0 Å². The van der Waals surface area contributed by atoms with Crippen LogP contribution in [-0.4, -0.2) is 21.7 Å². The fourth-order valence-corrected chi connectivity index (χ4v) is 3.84. The predicted molar refractivity (Wildman–Crippen MR) is 112 cm³/mol. The smallest absolute Gasteiger partial charge is 0.266 e. The number of hydrogen-bond acceptors (Lipinski definition) is 4. The largest absolute Gasteiger partial charge is 0.489 e. The van der Waals surface area contributed by atoms with E-state index in [1.807, 2.05) is 42.5 Å². The highest BCUT2D eigenvalue weighted by Crippen LogP contribution is 2.32. The van der Waals surface area contributed by atoms with E-state index in [0.717, 1.165) is 16.9 Å². The first kappa shape index (κ1) is 18.4. The summed E-state index contributed by atoms with van der Waals surface area (Å²) in [6.45, 7) is 6.69. The van der Waals surface area contributed by atoms with Crippen molar-refractivity contribution in [1.29, 1.82) is 0 Å². The topological polar surface area (TPSA) is 29.5 Å². The Kier molecular flexibility index (Phi) is 5.91. The lowest BCUT2D eigenvalue weighted by Gasteiger charge is -2.10. The second-order valence-electron chi connectivity index (χ2n) is 5.93. The van der Waals surface area contributed by atoms with E-state index in [4.69, 9.17) is 17.0 Å². The van der Waals surface area contributed by atoms with E-state index in [9.17, 15) is 4.79 Å². The Bertz CT molecular complexity index is 872. The van der Waals surface area contributed by atoms with Gasteiger partial charge in [-0.15, -0.1) is 6.58 Å². The summed E-state index contributed by atoms with van der Waals surface area (Å²) in [5.41, 5.74) is 3.29. The fourth-order valence-electron chi connectivity index (χ4n) is 2.57. The zero-order valence-corrected chi connectivity index (χ0v) is 16.1. The summed E-state index contributed by atoms with van der Waals surface area (Å²) in [6, 6.07) is 15.9. The second-order valence-corrected chi connectivity index (χ2v) is 7.60. The van der Waals surface area contributed by atoms with Crippen molar-refractivity contribution in [2.45, 2.75) is 13.5 Å². The van der Waals surface area contributed by atoms with E-state index in [1.54, 1.807) is 11.0 Å². The molecule has 1 saturated heterocycles. The number of thiocarbonyl (C=S) groups is 1. The van der Waals surface area contributed by atoms with Gasteiger partial charge in [-0.3, -0.25) is 9.69 Å². The standard InChI is InChI=1S/C21H19NO2S2/c1-3-11-22-20(23)19(26-21(22)25)13-16-7-9-18(10-8-16)24-14-17-6-4-5-15(2)12-17/h3-10,12-13H,1,11,14H2,2H3/b19-13-. The van der Waals surface area contributed by atoms with Crippen molar-refractivity contribution in [3.05, 3.63) is 82.8 Å². The quantitative estimate of drug-likeness (QED) is 0.402. The SMILES string of the molecule is C=CCN1C(=O)/C(=C/c2ccc(OCc3cccc(C)c3)cc2)SC1=S. The molecule has 2 aromatic rings. The molecule has 1 heterocycles. The number of ether oxygens (including phenoxy) is 1. The van der Waals surface area contributed by atoms with Gasteiger partial charge in [-0.2, -0.15) is 0 Å². The molecule has 0 bridgehead atoms. The van der Waals surface area contributed by atoms with Crippen LogP contribution in [0.5, 0.6) is 5.75 Å². The van der Waals surface area contributed by atoms with Gasteiger partial charge in [-0.25, -0.2) is 0 Å². The third-order valence-corrected chi connectivity index (χ3v) is 5.23. The van der Waals surface area contributed by atoms with Gasteiger partial charge < -0.3 is 4.74 Å². The summed E-state index contributed by atoms with van der Waals surface area (Å²) in [7, 11) is 0. The minimum absolute atomic E-state index is 0.0697. The number of benzene rings is 2. The van der Waals surface area contributed by atoms with Gasteiger partial charge in [-0.05, 0) is 36.3 Å². The molecule has 0 aliphatic carbocycles. The van der Waals surface area contributed by atoms with Crippen molar-refractivity contribution in [3.63, 3.8) is 0 Å². The van der Waals surface area contributed by atoms with Gasteiger partial charge in [0.15, 0.2) is 0 Å². The van der Waals surface area contributed by atoms with Crippen molar-refractivity contribution >= 4 is 40.3 Å². The number of aryl methyl sites for hydroxylation is 1. The van der Waals surface area contributed by atoms with E-state index < -0.39 is 0 Å². The monoisotopic (exact) mass is 381 g/mol. The molecule has 132 valence electrons. The van der Waals surface area contributed by atoms with Gasteiger partial charge in [0.05, 0.1) is 4.91 Å². The van der Waals surface area contributed by atoms with Crippen molar-refractivity contribution in [2.75, 3.05) is 6.54 Å². The lowest BCUT2D eigenvalue weighted by atomic mass is 10.1. The normalized spacial score (nSPS) is 15.6. The second kappa shape index (κ2) is 8.34. The molecule has 0 saturated carbocycles. The van der Waals surface area contributed by atoms with E-state index >= 15 is 0 Å². The number of thioether (sulfide) groups is 1. The van der Waals surface area contributed by atoms with E-state index in [1.165, 1.54) is 17.3 Å². The minimum atomic E-state index is -0.0697. The molecule has 0 spiro atoms. The van der Waals surface area contributed by atoms with Gasteiger partial charge in [-0.1, -0.05) is 72.0 Å². The summed E-state index contributed by atoms with van der Waals surface area (Å²) < 4.78 is 6.40. The van der Waals surface area contributed by atoms with Gasteiger partial charge in [0.25, 0.3) is 5.91 Å². The van der Waals surface area contributed by atoms with Crippen LogP contribution in [0.3, 0.4) is 0 Å². The molecule has 0 radical (unpaired) electrons. The first-order valence-corrected chi connectivity index (χ1v) is 9.44. The maximum atomic E-state index is 12.3. The number of rotatable bonds is 6. The Hall–Kier alpha value is -2.37. The van der Waals surface area contributed by atoms with Crippen LogP contribution in [0.15, 0.2) is 66.1 Å². The molecule has 0 atom stereocenters. The molecule has 1 amide bonds. The van der Waals surface area contributed by atoms with Crippen LogP contribution in [0.1, 0.15) is 16.7 Å².